The predicted molar refractivity (Wildman–Crippen MR) is 64.9 cm³/mol. The lowest BCUT2D eigenvalue weighted by Gasteiger charge is -2.01. The molecule has 0 atom stereocenters. The number of rotatable bonds is 4. The van der Waals surface area contributed by atoms with Gasteiger partial charge < -0.3 is 5.73 Å². The molecule has 0 bridgehead atoms. The summed E-state index contributed by atoms with van der Waals surface area (Å²) in [6.07, 6.45) is 3.93. The summed E-state index contributed by atoms with van der Waals surface area (Å²) in [4.78, 5) is 5.75. The van der Waals surface area contributed by atoms with E-state index in [1.165, 1.54) is 10.4 Å². The smallest absolute Gasteiger partial charge is 0.0713 e. The van der Waals surface area contributed by atoms with Crippen molar-refractivity contribution in [2.24, 2.45) is 5.73 Å². The normalized spacial score (nSPS) is 10.5. The molecule has 0 aliphatic rings. The Balaban J connectivity index is 2.25. The van der Waals surface area contributed by atoms with E-state index in [-0.39, 0.29) is 0 Å². The first-order valence-electron chi connectivity index (χ1n) is 5.09. The van der Waals surface area contributed by atoms with Gasteiger partial charge in [0.2, 0.25) is 0 Å². The molecule has 0 aliphatic heterocycles. The summed E-state index contributed by atoms with van der Waals surface area (Å²) in [6.45, 7) is 0.750. The van der Waals surface area contributed by atoms with Gasteiger partial charge in [-0.15, -0.1) is 11.3 Å². The maximum Gasteiger partial charge on any atom is 0.0713 e. The number of aromatic nitrogens is 1. The van der Waals surface area contributed by atoms with Crippen LogP contribution in [0.15, 0.2) is 35.8 Å². The average Bonchev–Trinajstić information content (AvgIpc) is 2.75. The Labute approximate surface area is 93.8 Å². The molecular weight excluding hydrogens is 204 g/mol. The Kier molecular flexibility index (Phi) is 3.48. The zero-order valence-electron chi connectivity index (χ0n) is 8.52. The Morgan fingerprint density at radius 2 is 2.20 bits per heavy atom. The summed E-state index contributed by atoms with van der Waals surface area (Å²) in [5, 5.41) is 2.12. The number of hydrogen-bond donors (Lipinski definition) is 1. The van der Waals surface area contributed by atoms with Gasteiger partial charge in [0, 0.05) is 16.6 Å². The lowest BCUT2D eigenvalue weighted by Crippen LogP contribution is -2.00. The molecular formula is C12H14N2S. The summed E-state index contributed by atoms with van der Waals surface area (Å²) >= 11 is 1.79. The highest BCUT2D eigenvalue weighted by molar-refractivity contribution is 7.10. The number of pyridine rings is 1. The van der Waals surface area contributed by atoms with Gasteiger partial charge in [-0.05, 0) is 43.0 Å². The van der Waals surface area contributed by atoms with E-state index in [1.54, 1.807) is 11.3 Å². The fraction of sp³-hybridized carbons (Fsp3) is 0.250. The quantitative estimate of drug-likeness (QED) is 0.857. The zero-order valence-corrected chi connectivity index (χ0v) is 9.33. The van der Waals surface area contributed by atoms with Crippen LogP contribution in [-0.4, -0.2) is 11.5 Å². The van der Waals surface area contributed by atoms with Crippen LogP contribution in [0.25, 0.3) is 11.3 Å². The maximum atomic E-state index is 5.52. The maximum absolute atomic E-state index is 5.52. The summed E-state index contributed by atoms with van der Waals surface area (Å²) in [5.41, 5.74) is 7.84. The van der Waals surface area contributed by atoms with E-state index in [2.05, 4.69) is 16.4 Å². The molecule has 0 fully saturated rings. The Morgan fingerprint density at radius 3 is 2.93 bits per heavy atom. The topological polar surface area (TPSA) is 38.9 Å². The van der Waals surface area contributed by atoms with Crippen molar-refractivity contribution < 1.29 is 0 Å². The van der Waals surface area contributed by atoms with Crippen molar-refractivity contribution in [3.8, 4) is 11.3 Å². The molecule has 0 saturated heterocycles. The third kappa shape index (κ3) is 2.43. The summed E-state index contributed by atoms with van der Waals surface area (Å²) < 4.78 is 0. The molecule has 78 valence electrons. The van der Waals surface area contributed by atoms with Crippen LogP contribution in [0.5, 0.6) is 0 Å². The van der Waals surface area contributed by atoms with Crippen LogP contribution in [0.4, 0.5) is 0 Å². The van der Waals surface area contributed by atoms with Gasteiger partial charge >= 0.3 is 0 Å². The van der Waals surface area contributed by atoms with Gasteiger partial charge in [-0.3, -0.25) is 4.98 Å². The highest BCUT2D eigenvalue weighted by atomic mass is 32.1. The van der Waals surface area contributed by atoms with Crippen molar-refractivity contribution >= 4 is 11.3 Å². The monoisotopic (exact) mass is 218 g/mol. The first-order valence-corrected chi connectivity index (χ1v) is 5.97. The number of nitrogens with two attached hydrogens (primary N) is 1. The Bertz CT molecular complexity index is 409. The van der Waals surface area contributed by atoms with Gasteiger partial charge in [0.05, 0.1) is 5.69 Å². The van der Waals surface area contributed by atoms with Crippen LogP contribution in [0.1, 0.15) is 11.3 Å². The molecule has 0 unspecified atom stereocenters. The number of aryl methyl sites for hydroxylation is 1. The Hall–Kier alpha value is -1.19. The molecule has 0 aliphatic carbocycles. The predicted octanol–water partition coefficient (Wildman–Crippen LogP) is 2.70. The lowest BCUT2D eigenvalue weighted by atomic mass is 10.1. The first kappa shape index (κ1) is 10.3. The third-order valence-corrected chi connectivity index (χ3v) is 3.27. The van der Waals surface area contributed by atoms with Crippen molar-refractivity contribution in [3.63, 3.8) is 0 Å². The van der Waals surface area contributed by atoms with Gasteiger partial charge in [-0.2, -0.15) is 0 Å². The van der Waals surface area contributed by atoms with E-state index in [9.17, 15) is 0 Å². The van der Waals surface area contributed by atoms with Crippen molar-refractivity contribution in [2.75, 3.05) is 6.54 Å². The van der Waals surface area contributed by atoms with Gasteiger partial charge in [-0.1, -0.05) is 6.07 Å². The van der Waals surface area contributed by atoms with E-state index < -0.39 is 0 Å². The Morgan fingerprint density at radius 1 is 1.27 bits per heavy atom. The van der Waals surface area contributed by atoms with E-state index in [4.69, 9.17) is 5.73 Å². The minimum Gasteiger partial charge on any atom is -0.330 e. The fourth-order valence-electron chi connectivity index (χ4n) is 1.55. The molecule has 0 spiro atoms. The summed E-state index contributed by atoms with van der Waals surface area (Å²) in [5.74, 6) is 0. The van der Waals surface area contributed by atoms with E-state index in [0.29, 0.717) is 0 Å². The number of hydrogen-bond acceptors (Lipinski definition) is 3. The molecule has 2 N–H and O–H groups in total. The van der Waals surface area contributed by atoms with Crippen LogP contribution in [-0.2, 0) is 6.42 Å². The largest absolute Gasteiger partial charge is 0.330 e. The third-order valence-electron chi connectivity index (χ3n) is 2.29. The lowest BCUT2D eigenvalue weighted by molar-refractivity contribution is 0.844. The van der Waals surface area contributed by atoms with Gasteiger partial charge in [0.1, 0.15) is 0 Å². The zero-order chi connectivity index (χ0) is 10.5. The highest BCUT2D eigenvalue weighted by Gasteiger charge is 2.06. The molecule has 2 heterocycles. The van der Waals surface area contributed by atoms with Gasteiger partial charge in [0.25, 0.3) is 0 Å². The second kappa shape index (κ2) is 5.05. The van der Waals surface area contributed by atoms with Crippen LogP contribution >= 0.6 is 11.3 Å². The molecule has 15 heavy (non-hydrogen) atoms. The molecule has 2 nitrogen and oxygen atoms in total. The van der Waals surface area contributed by atoms with Crippen molar-refractivity contribution in [1.82, 2.24) is 4.98 Å². The fourth-order valence-corrected chi connectivity index (χ4v) is 2.48. The van der Waals surface area contributed by atoms with E-state index in [0.717, 1.165) is 25.1 Å². The van der Waals surface area contributed by atoms with Crippen molar-refractivity contribution in [2.45, 2.75) is 12.8 Å². The summed E-state index contributed by atoms with van der Waals surface area (Å²) in [7, 11) is 0. The minimum absolute atomic E-state index is 0.750. The van der Waals surface area contributed by atoms with Crippen LogP contribution in [0.2, 0.25) is 0 Å². The SMILES string of the molecule is NCCCc1sccc1-c1ccccn1. The van der Waals surface area contributed by atoms with E-state index in [1.807, 2.05) is 24.4 Å². The first-order chi connectivity index (χ1) is 7.42. The molecule has 0 aromatic carbocycles. The molecule has 2 rings (SSSR count). The molecule has 0 radical (unpaired) electrons. The van der Waals surface area contributed by atoms with Crippen LogP contribution < -0.4 is 5.73 Å². The standard InChI is InChI=1S/C12H14N2S/c13-7-3-5-12-10(6-9-15-12)11-4-1-2-8-14-11/h1-2,4,6,8-9H,3,5,7,13H2. The molecule has 3 heteroatoms. The average molecular weight is 218 g/mol. The second-order valence-corrected chi connectivity index (χ2v) is 4.37. The molecule has 0 amide bonds. The highest BCUT2D eigenvalue weighted by Crippen LogP contribution is 2.27. The minimum atomic E-state index is 0.750. The van der Waals surface area contributed by atoms with Gasteiger partial charge in [0.15, 0.2) is 0 Å². The molecule has 2 aromatic rings. The number of thiophene rings is 1. The van der Waals surface area contributed by atoms with Gasteiger partial charge in [-0.25, -0.2) is 0 Å². The van der Waals surface area contributed by atoms with E-state index >= 15 is 0 Å². The number of nitrogens with zero attached hydrogens (tertiary/aromatic N) is 1. The molecule has 0 saturated carbocycles. The van der Waals surface area contributed by atoms with Crippen LogP contribution in [0.3, 0.4) is 0 Å². The second-order valence-electron chi connectivity index (χ2n) is 3.36. The van der Waals surface area contributed by atoms with Crippen molar-refractivity contribution in [3.05, 3.63) is 40.7 Å². The molecule has 2 aromatic heterocycles. The summed E-state index contributed by atoms with van der Waals surface area (Å²) in [6, 6.07) is 8.15. The van der Waals surface area contributed by atoms with Crippen molar-refractivity contribution in [1.29, 1.82) is 0 Å². The van der Waals surface area contributed by atoms with Crippen LogP contribution in [0, 0.1) is 0 Å².